The van der Waals surface area contributed by atoms with Crippen molar-refractivity contribution in [3.8, 4) is 0 Å². The molecule has 21 heavy (non-hydrogen) atoms. The first-order valence-electron chi connectivity index (χ1n) is 7.05. The van der Waals surface area contributed by atoms with E-state index in [0.29, 0.717) is 13.2 Å². The number of nitrogens with one attached hydrogen (secondary N) is 1. The largest absolute Gasteiger partial charge is 0.383 e. The first-order valence-corrected chi connectivity index (χ1v) is 7.05. The first-order chi connectivity index (χ1) is 10.1. The van der Waals surface area contributed by atoms with Crippen LogP contribution in [0.4, 0.5) is 0 Å². The molecule has 0 saturated carbocycles. The number of methoxy groups -OCH3 is 1. The summed E-state index contributed by atoms with van der Waals surface area (Å²) < 4.78 is 7.02. The van der Waals surface area contributed by atoms with Gasteiger partial charge in [0.1, 0.15) is 5.65 Å². The van der Waals surface area contributed by atoms with E-state index in [1.165, 1.54) is 0 Å². The number of nitrogens with two attached hydrogens (primary N) is 1. The molecular formula is C15H22N4O2. The van der Waals surface area contributed by atoms with Crippen molar-refractivity contribution in [1.82, 2.24) is 14.9 Å². The molecule has 0 aliphatic rings. The van der Waals surface area contributed by atoms with E-state index in [9.17, 15) is 4.79 Å². The zero-order valence-electron chi connectivity index (χ0n) is 12.5. The Morgan fingerprint density at radius 1 is 1.57 bits per heavy atom. The monoisotopic (exact) mass is 290 g/mol. The zero-order valence-corrected chi connectivity index (χ0v) is 12.5. The molecule has 0 radical (unpaired) electrons. The molecule has 2 heterocycles. The van der Waals surface area contributed by atoms with Gasteiger partial charge in [0.25, 0.3) is 0 Å². The van der Waals surface area contributed by atoms with Crippen molar-refractivity contribution in [2.45, 2.75) is 20.0 Å². The second-order valence-electron chi connectivity index (χ2n) is 5.15. The normalized spacial score (nSPS) is 12.7. The molecule has 114 valence electrons. The van der Waals surface area contributed by atoms with Crippen molar-refractivity contribution >= 4 is 16.9 Å². The van der Waals surface area contributed by atoms with Crippen LogP contribution in [-0.2, 0) is 22.6 Å². The van der Waals surface area contributed by atoms with E-state index in [4.69, 9.17) is 10.5 Å². The summed E-state index contributed by atoms with van der Waals surface area (Å²) in [6, 6.07) is 3.96. The maximum atomic E-state index is 11.3. The van der Waals surface area contributed by atoms with Crippen LogP contribution in [0.3, 0.4) is 0 Å². The van der Waals surface area contributed by atoms with E-state index in [0.717, 1.165) is 29.7 Å². The van der Waals surface area contributed by atoms with Crippen LogP contribution in [0.15, 0.2) is 24.5 Å². The molecule has 2 rings (SSSR count). The van der Waals surface area contributed by atoms with Gasteiger partial charge in [0.2, 0.25) is 5.91 Å². The van der Waals surface area contributed by atoms with Crippen molar-refractivity contribution < 1.29 is 9.53 Å². The molecule has 1 amide bonds. The Bertz CT molecular complexity index is 609. The fourth-order valence-electron chi connectivity index (χ4n) is 2.26. The summed E-state index contributed by atoms with van der Waals surface area (Å²) in [4.78, 5) is 15.7. The van der Waals surface area contributed by atoms with Crippen molar-refractivity contribution in [2.24, 2.45) is 11.7 Å². The van der Waals surface area contributed by atoms with Gasteiger partial charge in [-0.1, -0.05) is 6.92 Å². The topological polar surface area (TPSA) is 82.2 Å². The standard InChI is InChI=1S/C15H22N4O2/c1-11(14(16)20)9-19-10-12(8-17-6-7-21-2)13-4-3-5-18-15(13)19/h3-5,10-11,17H,6-9H2,1-2H3,(H2,16,20). The highest BCUT2D eigenvalue weighted by molar-refractivity contribution is 5.81. The fraction of sp³-hybridized carbons (Fsp3) is 0.467. The average Bonchev–Trinajstić information content (AvgIpc) is 2.82. The first kappa shape index (κ1) is 15.5. The number of amides is 1. The van der Waals surface area contributed by atoms with Gasteiger partial charge < -0.3 is 20.4 Å². The Balaban J connectivity index is 2.19. The molecule has 0 aliphatic heterocycles. The summed E-state index contributed by atoms with van der Waals surface area (Å²) in [5, 5.41) is 4.42. The quantitative estimate of drug-likeness (QED) is 0.708. The van der Waals surface area contributed by atoms with Gasteiger partial charge in [0, 0.05) is 44.5 Å². The fourth-order valence-corrected chi connectivity index (χ4v) is 2.26. The Labute approximate surface area is 124 Å². The third-order valence-electron chi connectivity index (χ3n) is 3.47. The molecule has 2 aromatic heterocycles. The molecule has 6 heteroatoms. The molecule has 2 aromatic rings. The van der Waals surface area contributed by atoms with Gasteiger partial charge in [-0.3, -0.25) is 4.79 Å². The predicted molar refractivity (Wildman–Crippen MR) is 81.7 cm³/mol. The minimum absolute atomic E-state index is 0.225. The molecule has 1 atom stereocenters. The molecule has 6 nitrogen and oxygen atoms in total. The molecule has 0 spiro atoms. The number of hydrogen-bond donors (Lipinski definition) is 2. The molecule has 0 aliphatic carbocycles. The Hall–Kier alpha value is -1.92. The van der Waals surface area contributed by atoms with Gasteiger partial charge in [0.15, 0.2) is 0 Å². The van der Waals surface area contributed by atoms with Gasteiger partial charge in [-0.15, -0.1) is 0 Å². The Morgan fingerprint density at radius 3 is 3.10 bits per heavy atom. The number of fused-ring (bicyclic) bond motifs is 1. The van der Waals surface area contributed by atoms with Crippen LogP contribution in [0, 0.1) is 5.92 Å². The lowest BCUT2D eigenvalue weighted by Crippen LogP contribution is -2.24. The smallest absolute Gasteiger partial charge is 0.222 e. The van der Waals surface area contributed by atoms with Crippen molar-refractivity contribution in [1.29, 1.82) is 0 Å². The number of rotatable bonds is 8. The van der Waals surface area contributed by atoms with Gasteiger partial charge in [-0.2, -0.15) is 0 Å². The summed E-state index contributed by atoms with van der Waals surface area (Å²) in [5.74, 6) is -0.524. The predicted octanol–water partition coefficient (Wildman–Crippen LogP) is 0.894. The van der Waals surface area contributed by atoms with Crippen LogP contribution in [0.25, 0.3) is 11.0 Å². The molecule has 0 saturated heterocycles. The maximum Gasteiger partial charge on any atom is 0.222 e. The third-order valence-corrected chi connectivity index (χ3v) is 3.47. The Kier molecular flexibility index (Phi) is 5.30. The van der Waals surface area contributed by atoms with E-state index in [1.807, 2.05) is 29.8 Å². The lowest BCUT2D eigenvalue weighted by molar-refractivity contribution is -0.121. The summed E-state index contributed by atoms with van der Waals surface area (Å²) in [6.07, 6.45) is 3.80. The average molecular weight is 290 g/mol. The molecule has 1 unspecified atom stereocenters. The number of primary amides is 1. The molecule has 0 bridgehead atoms. The number of pyridine rings is 1. The van der Waals surface area contributed by atoms with E-state index in [1.54, 1.807) is 13.3 Å². The number of carbonyl (C=O) groups excluding carboxylic acids is 1. The maximum absolute atomic E-state index is 11.3. The molecule has 0 aromatic carbocycles. The van der Waals surface area contributed by atoms with Crippen LogP contribution in [0.2, 0.25) is 0 Å². The molecule has 0 fully saturated rings. The third kappa shape index (κ3) is 3.80. The number of carbonyl (C=O) groups is 1. The lowest BCUT2D eigenvalue weighted by Gasteiger charge is -2.09. The van der Waals surface area contributed by atoms with Gasteiger partial charge in [-0.05, 0) is 17.7 Å². The summed E-state index contributed by atoms with van der Waals surface area (Å²) >= 11 is 0. The van der Waals surface area contributed by atoms with Crippen LogP contribution < -0.4 is 11.1 Å². The van der Waals surface area contributed by atoms with Crippen molar-refractivity contribution in [3.05, 3.63) is 30.1 Å². The minimum Gasteiger partial charge on any atom is -0.383 e. The van der Waals surface area contributed by atoms with Gasteiger partial charge >= 0.3 is 0 Å². The van der Waals surface area contributed by atoms with E-state index >= 15 is 0 Å². The highest BCUT2D eigenvalue weighted by atomic mass is 16.5. The van der Waals surface area contributed by atoms with E-state index < -0.39 is 0 Å². The van der Waals surface area contributed by atoms with Crippen LogP contribution >= 0.6 is 0 Å². The summed E-state index contributed by atoms with van der Waals surface area (Å²) in [5.41, 5.74) is 7.39. The van der Waals surface area contributed by atoms with E-state index in [2.05, 4.69) is 10.3 Å². The molecular weight excluding hydrogens is 268 g/mol. The highest BCUT2D eigenvalue weighted by Gasteiger charge is 2.14. The highest BCUT2D eigenvalue weighted by Crippen LogP contribution is 2.20. The number of nitrogens with zero attached hydrogens (tertiary/aromatic N) is 2. The second-order valence-corrected chi connectivity index (χ2v) is 5.15. The van der Waals surface area contributed by atoms with Gasteiger partial charge in [-0.25, -0.2) is 4.98 Å². The Morgan fingerprint density at radius 2 is 2.38 bits per heavy atom. The van der Waals surface area contributed by atoms with E-state index in [-0.39, 0.29) is 11.8 Å². The van der Waals surface area contributed by atoms with Crippen LogP contribution in [-0.4, -0.2) is 35.7 Å². The van der Waals surface area contributed by atoms with Crippen LogP contribution in [0.5, 0.6) is 0 Å². The lowest BCUT2D eigenvalue weighted by atomic mass is 10.2. The number of ether oxygens (including phenoxy) is 1. The second kappa shape index (κ2) is 7.19. The van der Waals surface area contributed by atoms with Crippen molar-refractivity contribution in [3.63, 3.8) is 0 Å². The van der Waals surface area contributed by atoms with Gasteiger partial charge in [0.05, 0.1) is 12.5 Å². The summed E-state index contributed by atoms with van der Waals surface area (Å²) in [6.45, 7) is 4.58. The number of aromatic nitrogens is 2. The van der Waals surface area contributed by atoms with Crippen molar-refractivity contribution in [2.75, 3.05) is 20.3 Å². The minimum atomic E-state index is -0.299. The number of hydrogen-bond acceptors (Lipinski definition) is 4. The summed E-state index contributed by atoms with van der Waals surface area (Å²) in [7, 11) is 1.68. The SMILES string of the molecule is COCCNCc1cn(CC(C)C(N)=O)c2ncccc12. The van der Waals surface area contributed by atoms with Crippen LogP contribution in [0.1, 0.15) is 12.5 Å². The molecule has 3 N–H and O–H groups in total. The zero-order chi connectivity index (χ0) is 15.2.